The van der Waals surface area contributed by atoms with Crippen LogP contribution in [0.4, 0.5) is 14.6 Å². The van der Waals surface area contributed by atoms with Crippen molar-refractivity contribution < 1.29 is 8.78 Å². The summed E-state index contributed by atoms with van der Waals surface area (Å²) in [5, 5.41) is 8.38. The normalized spacial score (nSPS) is 10.1. The van der Waals surface area contributed by atoms with E-state index in [0.717, 1.165) is 6.07 Å². The number of anilines is 1. The highest BCUT2D eigenvalue weighted by atomic mass is 35.5. The van der Waals surface area contributed by atoms with Gasteiger partial charge < -0.3 is 5.73 Å². The Balaban J connectivity index is 3.41. The van der Waals surface area contributed by atoms with E-state index >= 15 is 0 Å². The fourth-order valence-electron chi connectivity index (χ4n) is 0.820. The molecule has 0 aliphatic rings. The molecule has 0 aliphatic carbocycles. The van der Waals surface area contributed by atoms with Gasteiger partial charge in [-0.2, -0.15) is 5.26 Å². The summed E-state index contributed by atoms with van der Waals surface area (Å²) in [6, 6.07) is 2.70. The van der Waals surface area contributed by atoms with E-state index in [1.54, 1.807) is 6.07 Å². The molecule has 0 aliphatic heterocycles. The van der Waals surface area contributed by atoms with Gasteiger partial charge in [-0.1, -0.05) is 11.6 Å². The summed E-state index contributed by atoms with van der Waals surface area (Å²) in [6.07, 6.45) is -2.85. The van der Waals surface area contributed by atoms with Crippen molar-refractivity contribution in [2.24, 2.45) is 0 Å². The molecule has 0 atom stereocenters. The monoisotopic (exact) mass is 203 g/mol. The Bertz CT molecular complexity index is 373. The molecule has 0 unspecified atom stereocenters. The van der Waals surface area contributed by atoms with Gasteiger partial charge in [-0.3, -0.25) is 0 Å². The van der Waals surface area contributed by atoms with Gasteiger partial charge in [0.15, 0.2) is 0 Å². The van der Waals surface area contributed by atoms with Gasteiger partial charge in [-0.05, 0) is 0 Å². The summed E-state index contributed by atoms with van der Waals surface area (Å²) in [5.41, 5.74) is 4.18. The van der Waals surface area contributed by atoms with Crippen LogP contribution < -0.4 is 5.73 Å². The molecular formula is C7H4ClF2N3. The molecule has 6 heteroatoms. The number of halogens is 3. The van der Waals surface area contributed by atoms with Gasteiger partial charge in [-0.15, -0.1) is 0 Å². The Labute approximate surface area is 77.7 Å². The van der Waals surface area contributed by atoms with Gasteiger partial charge in [0, 0.05) is 6.07 Å². The molecule has 3 nitrogen and oxygen atoms in total. The van der Waals surface area contributed by atoms with E-state index in [9.17, 15) is 8.78 Å². The summed E-state index contributed by atoms with van der Waals surface area (Å²) < 4.78 is 24.5. The van der Waals surface area contributed by atoms with Crippen molar-refractivity contribution in [1.29, 1.82) is 5.26 Å². The van der Waals surface area contributed by atoms with Gasteiger partial charge >= 0.3 is 0 Å². The van der Waals surface area contributed by atoms with Crippen molar-refractivity contribution in [1.82, 2.24) is 4.98 Å². The van der Waals surface area contributed by atoms with Crippen LogP contribution in [0, 0.1) is 11.3 Å². The predicted octanol–water partition coefficient (Wildman–Crippen LogP) is 2.13. The molecule has 1 aromatic rings. The minimum Gasteiger partial charge on any atom is -0.384 e. The molecule has 68 valence electrons. The van der Waals surface area contributed by atoms with Crippen molar-refractivity contribution >= 4 is 17.4 Å². The molecule has 0 spiro atoms. The third-order valence-electron chi connectivity index (χ3n) is 1.34. The van der Waals surface area contributed by atoms with Crippen LogP contribution in [0.3, 0.4) is 0 Å². The van der Waals surface area contributed by atoms with Crippen LogP contribution in [-0.4, -0.2) is 4.98 Å². The van der Waals surface area contributed by atoms with E-state index in [-0.39, 0.29) is 16.4 Å². The molecule has 2 N–H and O–H groups in total. The number of nitriles is 1. The number of alkyl halides is 2. The molecule has 0 saturated carbocycles. The molecule has 0 fully saturated rings. The van der Waals surface area contributed by atoms with Gasteiger partial charge in [-0.25, -0.2) is 13.8 Å². The first-order valence-corrected chi connectivity index (χ1v) is 3.58. The largest absolute Gasteiger partial charge is 0.384 e. The van der Waals surface area contributed by atoms with E-state index in [4.69, 9.17) is 22.6 Å². The summed E-state index contributed by atoms with van der Waals surface area (Å²) >= 11 is 5.50. The van der Waals surface area contributed by atoms with E-state index in [1.807, 2.05) is 0 Å². The molecule has 13 heavy (non-hydrogen) atoms. The predicted molar refractivity (Wildman–Crippen MR) is 43.3 cm³/mol. The summed E-state index contributed by atoms with van der Waals surface area (Å²) in [7, 11) is 0. The van der Waals surface area contributed by atoms with Crippen LogP contribution in [-0.2, 0) is 0 Å². The van der Waals surface area contributed by atoms with Crippen LogP contribution >= 0.6 is 11.6 Å². The van der Waals surface area contributed by atoms with Crippen molar-refractivity contribution in [3.05, 3.63) is 22.3 Å². The van der Waals surface area contributed by atoms with Crippen molar-refractivity contribution in [3.8, 4) is 6.07 Å². The maximum Gasteiger partial charge on any atom is 0.281 e. The summed E-state index contributed by atoms with van der Waals surface area (Å²) in [6.45, 7) is 0. The van der Waals surface area contributed by atoms with E-state index in [0.29, 0.717) is 0 Å². The molecule has 1 aromatic heterocycles. The molecule has 1 rings (SSSR count). The average Bonchev–Trinajstić information content (AvgIpc) is 2.02. The lowest BCUT2D eigenvalue weighted by Gasteiger charge is -2.04. The lowest BCUT2D eigenvalue weighted by Crippen LogP contribution is -2.00. The fourth-order valence-corrected chi connectivity index (χ4v) is 1.07. The van der Waals surface area contributed by atoms with Gasteiger partial charge in [0.25, 0.3) is 6.43 Å². The quantitative estimate of drug-likeness (QED) is 0.761. The maximum absolute atomic E-state index is 12.2. The maximum atomic E-state index is 12.2. The topological polar surface area (TPSA) is 62.7 Å². The summed E-state index contributed by atoms with van der Waals surface area (Å²) in [5.74, 6) is -0.126. The van der Waals surface area contributed by atoms with Crippen molar-refractivity contribution in [3.63, 3.8) is 0 Å². The first kappa shape index (κ1) is 9.68. The Hall–Kier alpha value is -1.41. The molecule has 0 aromatic carbocycles. The zero-order chi connectivity index (χ0) is 10.0. The average molecular weight is 204 g/mol. The minimum absolute atomic E-state index is 0.106. The smallest absolute Gasteiger partial charge is 0.281 e. The number of pyridine rings is 1. The molecule has 1 heterocycles. The fraction of sp³-hybridized carbons (Fsp3) is 0.143. The third-order valence-corrected chi connectivity index (χ3v) is 1.64. The third kappa shape index (κ3) is 1.84. The Morgan fingerprint density at radius 2 is 2.23 bits per heavy atom. The summed E-state index contributed by atoms with van der Waals surface area (Å²) in [4.78, 5) is 3.33. The standard InChI is InChI=1S/C7H4ClF2N3/c8-4-1-5(12)13-6(7(9)10)3(4)2-11/h1,7H,(H2,12,13). The molecular weight excluding hydrogens is 200 g/mol. The lowest BCUT2D eigenvalue weighted by atomic mass is 10.2. The van der Waals surface area contributed by atoms with E-state index in [1.165, 1.54) is 0 Å². The van der Waals surface area contributed by atoms with Crippen molar-refractivity contribution in [2.75, 3.05) is 5.73 Å². The van der Waals surface area contributed by atoms with Gasteiger partial charge in [0.2, 0.25) is 0 Å². The second kappa shape index (κ2) is 3.54. The number of hydrogen-bond acceptors (Lipinski definition) is 3. The van der Waals surface area contributed by atoms with Crippen LogP contribution in [0.5, 0.6) is 0 Å². The minimum atomic E-state index is -2.85. The highest BCUT2D eigenvalue weighted by molar-refractivity contribution is 6.32. The van der Waals surface area contributed by atoms with Gasteiger partial charge in [0.05, 0.1) is 10.6 Å². The number of nitrogens with two attached hydrogens (primary N) is 1. The zero-order valence-electron chi connectivity index (χ0n) is 6.26. The lowest BCUT2D eigenvalue weighted by molar-refractivity contribution is 0.146. The Morgan fingerprint density at radius 3 is 2.69 bits per heavy atom. The Kier molecular flexibility index (Phi) is 2.63. The van der Waals surface area contributed by atoms with Gasteiger partial charge in [0.1, 0.15) is 17.6 Å². The van der Waals surface area contributed by atoms with E-state index < -0.39 is 12.1 Å². The molecule has 0 amide bonds. The van der Waals surface area contributed by atoms with Crippen LogP contribution in [0.2, 0.25) is 5.02 Å². The first-order chi connectivity index (χ1) is 6.06. The highest BCUT2D eigenvalue weighted by Gasteiger charge is 2.18. The molecule has 0 bridgehead atoms. The SMILES string of the molecule is N#Cc1c(Cl)cc(N)nc1C(F)F. The van der Waals surface area contributed by atoms with E-state index in [2.05, 4.69) is 4.98 Å². The number of aromatic nitrogens is 1. The van der Waals surface area contributed by atoms with Crippen molar-refractivity contribution in [2.45, 2.75) is 6.43 Å². The highest BCUT2D eigenvalue weighted by Crippen LogP contribution is 2.27. The number of rotatable bonds is 1. The second-order valence-electron chi connectivity index (χ2n) is 2.20. The number of nitrogen functional groups attached to an aromatic ring is 1. The first-order valence-electron chi connectivity index (χ1n) is 3.20. The van der Waals surface area contributed by atoms with Crippen LogP contribution in [0.15, 0.2) is 6.07 Å². The molecule has 0 radical (unpaired) electrons. The molecule has 0 saturated heterocycles. The number of nitrogens with zero attached hydrogens (tertiary/aromatic N) is 2. The van der Waals surface area contributed by atoms with Crippen LogP contribution in [0.25, 0.3) is 0 Å². The Morgan fingerprint density at radius 1 is 1.62 bits per heavy atom. The van der Waals surface area contributed by atoms with Crippen LogP contribution in [0.1, 0.15) is 17.7 Å². The zero-order valence-corrected chi connectivity index (χ0v) is 7.02. The second-order valence-corrected chi connectivity index (χ2v) is 2.61. The number of hydrogen-bond donors (Lipinski definition) is 1.